The number of hydrogen-bond donors (Lipinski definition) is 2. The molecule has 1 aliphatic rings. The normalized spacial score (nSPS) is 18.2. The molecule has 4 nitrogen and oxygen atoms in total. The Balaban J connectivity index is 1.62. The summed E-state index contributed by atoms with van der Waals surface area (Å²) < 4.78 is 38.5. The predicted octanol–water partition coefficient (Wildman–Crippen LogP) is 4.32. The molecule has 1 aliphatic heterocycles. The Labute approximate surface area is 164 Å². The number of aryl methyl sites for hydroxylation is 1. The van der Waals surface area contributed by atoms with Crippen LogP contribution < -0.4 is 10.7 Å². The molecule has 3 rings (SSSR count). The Kier molecular flexibility index (Phi) is 5.79. The highest BCUT2D eigenvalue weighted by molar-refractivity contribution is 8.15. The van der Waals surface area contributed by atoms with Crippen molar-refractivity contribution in [1.29, 1.82) is 0 Å². The number of hydrogen-bond acceptors (Lipinski definition) is 4. The molecule has 28 heavy (non-hydrogen) atoms. The molecule has 1 unspecified atom stereocenters. The number of rotatable bonds is 5. The number of halogens is 3. The van der Waals surface area contributed by atoms with Crippen molar-refractivity contribution in [1.82, 2.24) is 10.7 Å². The van der Waals surface area contributed by atoms with Crippen molar-refractivity contribution in [2.24, 2.45) is 5.10 Å². The first-order chi connectivity index (χ1) is 13.2. The number of alkyl halides is 3. The van der Waals surface area contributed by atoms with Gasteiger partial charge in [0.15, 0.2) is 5.17 Å². The fraction of sp³-hybridized carbons (Fsp3) is 0.200. The Hall–Kier alpha value is -2.74. The monoisotopic (exact) mass is 405 g/mol. The van der Waals surface area contributed by atoms with Crippen LogP contribution in [0.1, 0.15) is 22.3 Å². The second-order valence-corrected chi connectivity index (χ2v) is 7.56. The number of nitrogens with one attached hydrogen (secondary N) is 2. The van der Waals surface area contributed by atoms with Crippen molar-refractivity contribution in [2.45, 2.75) is 24.8 Å². The summed E-state index contributed by atoms with van der Waals surface area (Å²) in [4.78, 5) is 12.1. The first-order valence-electron chi connectivity index (χ1n) is 8.45. The van der Waals surface area contributed by atoms with Crippen LogP contribution in [0.5, 0.6) is 0 Å². The van der Waals surface area contributed by atoms with E-state index in [0.29, 0.717) is 16.4 Å². The van der Waals surface area contributed by atoms with Crippen molar-refractivity contribution >= 4 is 28.5 Å². The van der Waals surface area contributed by atoms with E-state index in [4.69, 9.17) is 0 Å². The number of thioether (sulfide) groups is 1. The second kappa shape index (κ2) is 8.10. The van der Waals surface area contributed by atoms with Gasteiger partial charge in [0.2, 0.25) is 5.91 Å². The summed E-state index contributed by atoms with van der Waals surface area (Å²) >= 11 is 1.17. The summed E-state index contributed by atoms with van der Waals surface area (Å²) in [5.74, 6) is -0.288. The molecule has 2 aromatic rings. The third-order valence-electron chi connectivity index (χ3n) is 4.14. The van der Waals surface area contributed by atoms with Crippen LogP contribution in [0.15, 0.2) is 60.2 Å². The molecule has 1 amide bonds. The van der Waals surface area contributed by atoms with Crippen LogP contribution in [0.3, 0.4) is 0 Å². The minimum atomic E-state index is -4.41. The van der Waals surface area contributed by atoms with Gasteiger partial charge in [-0.2, -0.15) is 13.2 Å². The van der Waals surface area contributed by atoms with Gasteiger partial charge in [0.1, 0.15) is 0 Å². The molecule has 0 aliphatic carbocycles. The van der Waals surface area contributed by atoms with Crippen LogP contribution in [-0.4, -0.2) is 16.3 Å². The van der Waals surface area contributed by atoms with Crippen molar-refractivity contribution in [3.05, 3.63) is 77.4 Å². The number of amides is 1. The number of benzene rings is 2. The molecule has 0 radical (unpaired) electrons. The zero-order chi connectivity index (χ0) is 20.3. The summed E-state index contributed by atoms with van der Waals surface area (Å²) in [5, 5.41) is 6.58. The quantitative estimate of drug-likeness (QED) is 0.729. The van der Waals surface area contributed by atoms with E-state index in [0.717, 1.165) is 23.3 Å². The lowest BCUT2D eigenvalue weighted by molar-refractivity contribution is -0.137. The molecule has 8 heteroatoms. The highest BCUT2D eigenvalue weighted by Crippen LogP contribution is 2.31. The van der Waals surface area contributed by atoms with Gasteiger partial charge in [-0.3, -0.25) is 10.2 Å². The summed E-state index contributed by atoms with van der Waals surface area (Å²) in [6.45, 7) is 5.89. The molecular weight excluding hydrogens is 387 g/mol. The van der Waals surface area contributed by atoms with E-state index in [1.165, 1.54) is 17.8 Å². The van der Waals surface area contributed by atoms with E-state index in [1.807, 2.05) is 31.2 Å². The van der Waals surface area contributed by atoms with Gasteiger partial charge in [-0.25, -0.2) is 0 Å². The van der Waals surface area contributed by atoms with Gasteiger partial charge in [0, 0.05) is 0 Å². The lowest BCUT2D eigenvalue weighted by atomic mass is 10.1. The average Bonchev–Trinajstić information content (AvgIpc) is 2.99. The van der Waals surface area contributed by atoms with Gasteiger partial charge in [-0.1, -0.05) is 66.4 Å². The second-order valence-electron chi connectivity index (χ2n) is 6.37. The number of amidine groups is 1. The third-order valence-corrected chi connectivity index (χ3v) is 5.23. The molecular formula is C20H18F3N3OS. The minimum Gasteiger partial charge on any atom is -0.303 e. The first-order valence-corrected chi connectivity index (χ1v) is 9.33. The molecule has 0 saturated carbocycles. The maximum Gasteiger partial charge on any atom is 0.416 e. The topological polar surface area (TPSA) is 53.5 Å². The van der Waals surface area contributed by atoms with Crippen LogP contribution in [0, 0.1) is 6.92 Å². The highest BCUT2D eigenvalue weighted by atomic mass is 32.2. The molecule has 0 spiro atoms. The largest absolute Gasteiger partial charge is 0.416 e. The number of nitrogens with zero attached hydrogens (tertiary/aromatic N) is 1. The summed E-state index contributed by atoms with van der Waals surface area (Å²) in [6.07, 6.45) is -4.23. The standard InChI is InChI=1S/C20H18F3N3OS/c1-12-6-8-15(9-7-12)13(2)25-26-19-24-18(27)17(28-19)11-14-4-3-5-16(10-14)20(21,22)23/h3-10,17,25H,2,11H2,1H3,(H,24,26,27). The molecule has 0 bridgehead atoms. The van der Waals surface area contributed by atoms with Gasteiger partial charge in [0.05, 0.1) is 16.5 Å². The van der Waals surface area contributed by atoms with E-state index in [1.54, 1.807) is 6.07 Å². The summed E-state index contributed by atoms with van der Waals surface area (Å²) in [6, 6.07) is 12.7. The number of carbonyl (C=O) groups is 1. The fourth-order valence-corrected chi connectivity index (χ4v) is 3.59. The lowest BCUT2D eigenvalue weighted by Crippen LogP contribution is -2.26. The van der Waals surface area contributed by atoms with Gasteiger partial charge in [0.25, 0.3) is 0 Å². The van der Waals surface area contributed by atoms with Crippen LogP contribution >= 0.6 is 11.8 Å². The number of carbonyl (C=O) groups excluding carboxylic acids is 1. The fourth-order valence-electron chi connectivity index (χ4n) is 2.62. The van der Waals surface area contributed by atoms with Gasteiger partial charge in [-0.15, -0.1) is 5.10 Å². The van der Waals surface area contributed by atoms with E-state index in [9.17, 15) is 18.0 Å². The van der Waals surface area contributed by atoms with Crippen LogP contribution in [0.2, 0.25) is 0 Å². The smallest absolute Gasteiger partial charge is 0.303 e. The molecule has 2 N–H and O–H groups in total. The van der Waals surface area contributed by atoms with E-state index in [-0.39, 0.29) is 12.3 Å². The van der Waals surface area contributed by atoms with Crippen LogP contribution in [0.4, 0.5) is 13.2 Å². The molecule has 146 valence electrons. The Morgan fingerprint density at radius 2 is 1.96 bits per heavy atom. The molecule has 0 aromatic heterocycles. The Bertz CT molecular complexity index is 923. The lowest BCUT2D eigenvalue weighted by Gasteiger charge is -2.10. The molecule has 2 aromatic carbocycles. The maximum atomic E-state index is 12.8. The summed E-state index contributed by atoms with van der Waals surface area (Å²) in [5.41, 5.74) is 5.09. The van der Waals surface area contributed by atoms with Crippen molar-refractivity contribution < 1.29 is 18.0 Å². The molecule has 1 heterocycles. The van der Waals surface area contributed by atoms with Gasteiger partial charge in [-0.05, 0) is 30.5 Å². The highest BCUT2D eigenvalue weighted by Gasteiger charge is 2.33. The minimum absolute atomic E-state index is 0.179. The Morgan fingerprint density at radius 3 is 2.64 bits per heavy atom. The molecule has 1 atom stereocenters. The van der Waals surface area contributed by atoms with Gasteiger partial charge < -0.3 is 5.32 Å². The van der Waals surface area contributed by atoms with Crippen LogP contribution in [-0.2, 0) is 17.4 Å². The molecule has 1 fully saturated rings. The van der Waals surface area contributed by atoms with Crippen molar-refractivity contribution in [2.75, 3.05) is 0 Å². The maximum absolute atomic E-state index is 12.8. The number of hydrazone groups is 1. The Morgan fingerprint density at radius 1 is 1.25 bits per heavy atom. The zero-order valence-electron chi connectivity index (χ0n) is 15.0. The first kappa shape index (κ1) is 20.0. The van der Waals surface area contributed by atoms with Crippen molar-refractivity contribution in [3.8, 4) is 0 Å². The average molecular weight is 405 g/mol. The predicted molar refractivity (Wildman–Crippen MR) is 105 cm³/mol. The van der Waals surface area contributed by atoms with Gasteiger partial charge >= 0.3 is 6.18 Å². The van der Waals surface area contributed by atoms with Crippen LogP contribution in [0.25, 0.3) is 5.70 Å². The van der Waals surface area contributed by atoms with E-state index >= 15 is 0 Å². The summed E-state index contributed by atoms with van der Waals surface area (Å²) in [7, 11) is 0. The van der Waals surface area contributed by atoms with E-state index < -0.39 is 17.0 Å². The van der Waals surface area contributed by atoms with E-state index in [2.05, 4.69) is 22.4 Å². The van der Waals surface area contributed by atoms with Crippen molar-refractivity contribution in [3.63, 3.8) is 0 Å². The SMILES string of the molecule is C=C(NN=C1NC(=O)C(Cc2cccc(C(F)(F)F)c2)S1)c1ccc(C)cc1. The molecule has 1 saturated heterocycles. The third kappa shape index (κ3) is 4.95. The zero-order valence-corrected chi connectivity index (χ0v) is 15.8.